The molecule has 1 aliphatic heterocycles. The van der Waals surface area contributed by atoms with Gasteiger partial charge in [-0.1, -0.05) is 42.8 Å². The van der Waals surface area contributed by atoms with Crippen LogP contribution in [0.25, 0.3) is 11.0 Å². The highest BCUT2D eigenvalue weighted by Gasteiger charge is 2.31. The average molecular weight is 724 g/mol. The molecule has 0 saturated carbocycles. The molecule has 286 valence electrons. The van der Waals surface area contributed by atoms with Crippen molar-refractivity contribution in [2.24, 2.45) is 12.8 Å². The molecule has 4 rings (SSSR count). The quantitative estimate of drug-likeness (QED) is 0.115. The molecular weight excluding hydrogens is 666 g/mol. The zero-order valence-electron chi connectivity index (χ0n) is 31.2. The Kier molecular flexibility index (Phi) is 14.6. The number of unbranched alkanes of at least 4 members (excludes halogenated alkanes) is 2. The number of benzene rings is 2. The van der Waals surface area contributed by atoms with Gasteiger partial charge < -0.3 is 25.3 Å². The Morgan fingerprint density at radius 1 is 1.00 bits per heavy atom. The van der Waals surface area contributed by atoms with Crippen LogP contribution in [-0.2, 0) is 55.1 Å². The highest BCUT2D eigenvalue weighted by atomic mass is 16.6. The van der Waals surface area contributed by atoms with Crippen molar-refractivity contribution in [3.8, 4) is 0 Å². The van der Waals surface area contributed by atoms with Crippen molar-refractivity contribution in [2.75, 3.05) is 13.2 Å². The number of nitrogens with two attached hydrogens (primary N) is 1. The summed E-state index contributed by atoms with van der Waals surface area (Å²) in [5, 5.41) is 5.17. The summed E-state index contributed by atoms with van der Waals surface area (Å²) in [6.45, 7) is 8.89. The fraction of sp³-hybridized carbons (Fsp3) is 0.564. The van der Waals surface area contributed by atoms with Gasteiger partial charge in [0, 0.05) is 34.5 Å². The van der Waals surface area contributed by atoms with Crippen molar-refractivity contribution in [3.63, 3.8) is 0 Å². The lowest BCUT2D eigenvalue weighted by molar-refractivity contribution is -0.135. The van der Waals surface area contributed by atoms with Crippen molar-refractivity contribution in [3.05, 3.63) is 69.6 Å². The molecule has 0 spiro atoms. The van der Waals surface area contributed by atoms with Crippen LogP contribution in [0.4, 0.5) is 4.79 Å². The molecule has 0 bridgehead atoms. The third-order valence-electron chi connectivity index (χ3n) is 9.20. The van der Waals surface area contributed by atoms with Crippen molar-refractivity contribution >= 4 is 34.8 Å². The second-order valence-corrected chi connectivity index (χ2v) is 14.6. The Balaban J connectivity index is 0.00000756. The number of primary amides is 1. The molecule has 4 amide bonds. The summed E-state index contributed by atoms with van der Waals surface area (Å²) in [5.74, 6) is -1.18. The first-order chi connectivity index (χ1) is 24.7. The highest BCUT2D eigenvalue weighted by molar-refractivity contribution is 6.00. The summed E-state index contributed by atoms with van der Waals surface area (Å²) in [6.07, 6.45) is 5.66. The maximum Gasteiger partial charge on any atom is 0.407 e. The molecule has 1 aliphatic rings. The first-order valence-corrected chi connectivity index (χ1v) is 18.3. The molecular formula is C39H57N5O8. The van der Waals surface area contributed by atoms with Crippen LogP contribution in [0.1, 0.15) is 103 Å². The van der Waals surface area contributed by atoms with E-state index in [1.165, 1.54) is 10.1 Å². The number of rotatable bonds is 19. The smallest absolute Gasteiger partial charge is 0.407 e. The van der Waals surface area contributed by atoms with Gasteiger partial charge in [0.2, 0.25) is 17.7 Å². The van der Waals surface area contributed by atoms with E-state index in [4.69, 9.17) is 19.9 Å². The third kappa shape index (κ3) is 11.8. The van der Waals surface area contributed by atoms with Crippen LogP contribution in [-0.4, -0.2) is 63.9 Å². The minimum atomic E-state index is -0.696. The molecule has 1 unspecified atom stereocenters. The first kappa shape index (κ1) is 40.3. The molecule has 3 atom stereocenters. The molecule has 0 aliphatic carbocycles. The van der Waals surface area contributed by atoms with Crippen molar-refractivity contribution in [1.29, 1.82) is 0 Å². The normalized spacial score (nSPS) is 16.1. The zero-order valence-corrected chi connectivity index (χ0v) is 31.2. The number of ether oxygens (including phenoxy) is 3. The number of para-hydroxylation sites is 1. The van der Waals surface area contributed by atoms with Gasteiger partial charge >= 0.3 is 11.8 Å². The van der Waals surface area contributed by atoms with Crippen LogP contribution >= 0.6 is 0 Å². The number of carbonyl (C=O) groups is 4. The SMILES string of the molecule is C[C@@H](OCc1ccc(CCCCCOCCCc2cccc3c2n(C)c(=O)n3C2CCC(=O)NC2=O)cc1)[C@H](CCC(N)=O)NC(=O)OC(C)(C)C.[HH]. The fourth-order valence-electron chi connectivity index (χ4n) is 6.45. The number of nitrogens with zero attached hydrogens (tertiary/aromatic N) is 2. The number of hydrogen-bond donors (Lipinski definition) is 3. The number of imidazole rings is 1. The molecule has 3 aromatic rings. The van der Waals surface area contributed by atoms with E-state index in [-0.39, 0.29) is 32.0 Å². The lowest BCUT2D eigenvalue weighted by Gasteiger charge is -2.27. The molecule has 13 heteroatoms. The van der Waals surface area contributed by atoms with E-state index in [0.717, 1.165) is 55.2 Å². The van der Waals surface area contributed by atoms with E-state index < -0.39 is 35.6 Å². The van der Waals surface area contributed by atoms with Crippen LogP contribution in [0.3, 0.4) is 0 Å². The van der Waals surface area contributed by atoms with Crippen LogP contribution < -0.4 is 22.1 Å². The summed E-state index contributed by atoms with van der Waals surface area (Å²) in [6, 6.07) is 13.0. The maximum atomic E-state index is 13.1. The molecule has 0 radical (unpaired) electrons. The Labute approximate surface area is 307 Å². The minimum Gasteiger partial charge on any atom is -0.444 e. The Hall–Kier alpha value is -4.49. The number of alkyl carbamates (subject to hydrolysis) is 1. The van der Waals surface area contributed by atoms with Crippen LogP contribution in [0, 0.1) is 0 Å². The van der Waals surface area contributed by atoms with Gasteiger partial charge in [-0.05, 0) is 95.4 Å². The number of imide groups is 1. The van der Waals surface area contributed by atoms with E-state index in [1.807, 2.05) is 37.3 Å². The predicted molar refractivity (Wildman–Crippen MR) is 200 cm³/mol. The van der Waals surface area contributed by atoms with Crippen LogP contribution in [0.2, 0.25) is 0 Å². The van der Waals surface area contributed by atoms with Crippen LogP contribution in [0.5, 0.6) is 0 Å². The zero-order chi connectivity index (χ0) is 37.8. The number of carbonyl (C=O) groups excluding carboxylic acids is 4. The largest absolute Gasteiger partial charge is 0.444 e. The fourth-order valence-corrected chi connectivity index (χ4v) is 6.45. The summed E-state index contributed by atoms with van der Waals surface area (Å²) >= 11 is 0. The number of hydrogen-bond acceptors (Lipinski definition) is 8. The second kappa shape index (κ2) is 18.8. The van der Waals surface area contributed by atoms with Crippen LogP contribution in [0.15, 0.2) is 47.3 Å². The number of amides is 4. The predicted octanol–water partition coefficient (Wildman–Crippen LogP) is 4.99. The summed E-state index contributed by atoms with van der Waals surface area (Å²) in [4.78, 5) is 61.0. The number of fused-ring (bicyclic) bond motifs is 1. The van der Waals surface area contributed by atoms with Gasteiger partial charge in [0.05, 0.1) is 29.8 Å². The monoisotopic (exact) mass is 723 g/mol. The summed E-state index contributed by atoms with van der Waals surface area (Å²) in [5.41, 5.74) is 9.24. The Bertz CT molecular complexity index is 1750. The van der Waals surface area contributed by atoms with Crippen molar-refractivity contribution in [1.82, 2.24) is 19.8 Å². The molecule has 4 N–H and O–H groups in total. The minimum absolute atomic E-state index is 0. The molecule has 1 aromatic heterocycles. The van der Waals surface area contributed by atoms with Gasteiger partial charge in [0.15, 0.2) is 0 Å². The Morgan fingerprint density at radius 3 is 2.40 bits per heavy atom. The topological polar surface area (TPSA) is 173 Å². The Morgan fingerprint density at radius 2 is 1.71 bits per heavy atom. The second-order valence-electron chi connectivity index (χ2n) is 14.6. The molecule has 1 saturated heterocycles. The van der Waals surface area contributed by atoms with E-state index >= 15 is 0 Å². The van der Waals surface area contributed by atoms with E-state index in [2.05, 4.69) is 22.8 Å². The van der Waals surface area contributed by atoms with Gasteiger partial charge in [-0.25, -0.2) is 9.59 Å². The van der Waals surface area contributed by atoms with Gasteiger partial charge in [-0.15, -0.1) is 0 Å². The average Bonchev–Trinajstić information content (AvgIpc) is 3.33. The number of aromatic nitrogens is 2. The van der Waals surface area contributed by atoms with E-state index in [9.17, 15) is 24.0 Å². The van der Waals surface area contributed by atoms with E-state index in [0.29, 0.717) is 38.2 Å². The number of nitrogens with one attached hydrogen (secondary N) is 2. The maximum absolute atomic E-state index is 13.1. The third-order valence-corrected chi connectivity index (χ3v) is 9.20. The molecule has 52 heavy (non-hydrogen) atoms. The lowest BCUT2D eigenvalue weighted by atomic mass is 10.0. The van der Waals surface area contributed by atoms with Gasteiger partial charge in [0.1, 0.15) is 11.6 Å². The lowest BCUT2D eigenvalue weighted by Crippen LogP contribution is -2.45. The molecule has 1 fully saturated rings. The number of aryl methyl sites for hydroxylation is 3. The molecule has 13 nitrogen and oxygen atoms in total. The highest BCUT2D eigenvalue weighted by Crippen LogP contribution is 2.25. The van der Waals surface area contributed by atoms with E-state index in [1.54, 1.807) is 32.4 Å². The molecule has 2 aromatic carbocycles. The van der Waals surface area contributed by atoms with Crippen molar-refractivity contribution in [2.45, 2.75) is 122 Å². The standard InChI is InChI=1S/C39H55N5O8.H2/c1-26(30(19-21-33(40)45)41-37(48)52-39(2,3)4)51-25-28-17-15-27(16-18-28)11-7-6-8-23-50-24-10-13-29-12-9-14-31-35(29)43(5)38(49)44(31)32-20-22-34(46)42-36(32)47;/h9,12,14-18,26,30,32H,6-8,10-11,13,19-25H2,1-5H3,(H2,40,45)(H,41,48)(H,42,46,47);1H/t26-,30+,32?;/m1./s1. The summed E-state index contributed by atoms with van der Waals surface area (Å²) < 4.78 is 20.5. The first-order valence-electron chi connectivity index (χ1n) is 18.3. The number of piperidine rings is 1. The van der Waals surface area contributed by atoms with Gasteiger partial charge in [-0.2, -0.15) is 0 Å². The molecule has 2 heterocycles. The van der Waals surface area contributed by atoms with Crippen molar-refractivity contribution < 1.29 is 34.8 Å². The summed E-state index contributed by atoms with van der Waals surface area (Å²) in [7, 11) is 1.72. The van der Waals surface area contributed by atoms with Gasteiger partial charge in [0.25, 0.3) is 0 Å². The van der Waals surface area contributed by atoms with Gasteiger partial charge in [-0.3, -0.25) is 28.8 Å².